The molecule has 0 aliphatic heterocycles. The smallest absolute Gasteiger partial charge is 0.341 e. The molecule has 26 heavy (non-hydrogen) atoms. The van der Waals surface area contributed by atoms with E-state index in [2.05, 4.69) is 5.32 Å². The maximum atomic E-state index is 12.9. The van der Waals surface area contributed by atoms with Gasteiger partial charge in [-0.1, -0.05) is 12.2 Å². The van der Waals surface area contributed by atoms with Crippen LogP contribution in [0.25, 0.3) is 0 Å². The van der Waals surface area contributed by atoms with Gasteiger partial charge < -0.3 is 15.2 Å². The Bertz CT molecular complexity index is 811. The average molecular weight is 375 g/mol. The van der Waals surface area contributed by atoms with Crippen molar-refractivity contribution in [1.82, 2.24) is 0 Å². The first-order chi connectivity index (χ1) is 12.5. The summed E-state index contributed by atoms with van der Waals surface area (Å²) in [6, 6.07) is 0. The molecule has 7 heteroatoms. The summed E-state index contributed by atoms with van der Waals surface area (Å²) in [7, 11) is 1.34. The lowest BCUT2D eigenvalue weighted by Gasteiger charge is -2.23. The van der Waals surface area contributed by atoms with Gasteiger partial charge in [0.1, 0.15) is 5.00 Å². The van der Waals surface area contributed by atoms with Gasteiger partial charge in [0.05, 0.1) is 24.5 Å². The van der Waals surface area contributed by atoms with Crippen LogP contribution >= 0.6 is 11.3 Å². The second-order valence-electron chi connectivity index (χ2n) is 7.23. The van der Waals surface area contributed by atoms with Crippen LogP contribution in [0, 0.1) is 23.7 Å². The molecule has 2 bridgehead atoms. The zero-order valence-electron chi connectivity index (χ0n) is 14.5. The molecule has 0 spiro atoms. The minimum atomic E-state index is -0.930. The highest BCUT2D eigenvalue weighted by molar-refractivity contribution is 7.17. The molecule has 1 aromatic heterocycles. The standard InChI is InChI=1S/C19H21NO5S/c1-25-19(24)15-11-4-2-3-5-12(11)26-17(15)20-16(21)13-9-6-7-10(8-9)14(13)18(22)23/h6-7,9-10,13-14H,2-5,8H2,1H3,(H,20,21)(H,22,23)/t9-,10-,13+,14+/m0/s1. The monoisotopic (exact) mass is 375 g/mol. The first-order valence-corrected chi connectivity index (χ1v) is 9.77. The van der Waals surface area contributed by atoms with Crippen molar-refractivity contribution in [3.05, 3.63) is 28.2 Å². The molecular weight excluding hydrogens is 354 g/mol. The maximum absolute atomic E-state index is 12.9. The molecule has 4 rings (SSSR count). The number of esters is 1. The number of rotatable bonds is 4. The Morgan fingerprint density at radius 3 is 2.54 bits per heavy atom. The van der Waals surface area contributed by atoms with Gasteiger partial charge in [0.2, 0.25) is 5.91 Å². The Labute approximate surface area is 155 Å². The van der Waals surface area contributed by atoms with Crippen molar-refractivity contribution in [2.24, 2.45) is 23.7 Å². The highest BCUT2D eigenvalue weighted by Crippen LogP contribution is 2.49. The molecule has 0 unspecified atom stereocenters. The van der Waals surface area contributed by atoms with Crippen LogP contribution in [-0.4, -0.2) is 30.1 Å². The van der Waals surface area contributed by atoms with E-state index >= 15 is 0 Å². The molecule has 138 valence electrons. The summed E-state index contributed by atoms with van der Waals surface area (Å²) in [4.78, 5) is 38.0. The van der Waals surface area contributed by atoms with Crippen molar-refractivity contribution in [2.45, 2.75) is 32.1 Å². The summed E-state index contributed by atoms with van der Waals surface area (Å²) in [5, 5.41) is 12.9. The van der Waals surface area contributed by atoms with E-state index in [1.54, 1.807) is 0 Å². The van der Waals surface area contributed by atoms with Gasteiger partial charge in [-0.2, -0.15) is 0 Å². The molecule has 1 amide bonds. The van der Waals surface area contributed by atoms with E-state index in [0.29, 0.717) is 17.0 Å². The third-order valence-electron chi connectivity index (χ3n) is 5.84. The Kier molecular flexibility index (Phi) is 4.34. The van der Waals surface area contributed by atoms with Crippen LogP contribution in [0.2, 0.25) is 0 Å². The molecule has 1 fully saturated rings. The van der Waals surface area contributed by atoms with Gasteiger partial charge in [-0.25, -0.2) is 4.79 Å². The summed E-state index contributed by atoms with van der Waals surface area (Å²) in [6.45, 7) is 0. The third-order valence-corrected chi connectivity index (χ3v) is 7.05. The van der Waals surface area contributed by atoms with E-state index in [1.165, 1.54) is 18.4 Å². The van der Waals surface area contributed by atoms with Gasteiger partial charge in [-0.15, -0.1) is 11.3 Å². The fraction of sp³-hybridized carbons (Fsp3) is 0.526. The molecule has 2 N–H and O–H groups in total. The number of aryl methyl sites for hydroxylation is 1. The van der Waals surface area contributed by atoms with E-state index in [4.69, 9.17) is 4.74 Å². The summed E-state index contributed by atoms with van der Waals surface area (Å²) >= 11 is 1.42. The molecule has 3 aliphatic rings. The molecule has 0 aromatic carbocycles. The molecular formula is C19H21NO5S. The Morgan fingerprint density at radius 2 is 1.85 bits per heavy atom. The number of amides is 1. The van der Waals surface area contributed by atoms with Gasteiger partial charge in [-0.3, -0.25) is 9.59 Å². The zero-order chi connectivity index (χ0) is 18.4. The quantitative estimate of drug-likeness (QED) is 0.624. The van der Waals surface area contributed by atoms with Gasteiger partial charge in [0.25, 0.3) is 0 Å². The first-order valence-electron chi connectivity index (χ1n) is 8.96. The summed E-state index contributed by atoms with van der Waals surface area (Å²) < 4.78 is 4.93. The number of carboxylic acid groups (broad SMARTS) is 1. The molecule has 1 heterocycles. The van der Waals surface area contributed by atoms with Crippen molar-refractivity contribution >= 4 is 34.2 Å². The van der Waals surface area contributed by atoms with Crippen LogP contribution in [0.1, 0.15) is 40.1 Å². The van der Waals surface area contributed by atoms with Gasteiger partial charge in [0.15, 0.2) is 0 Å². The van der Waals surface area contributed by atoms with Gasteiger partial charge in [-0.05, 0) is 49.5 Å². The van der Waals surface area contributed by atoms with E-state index in [-0.39, 0.29) is 17.7 Å². The van der Waals surface area contributed by atoms with Crippen LogP contribution in [0.3, 0.4) is 0 Å². The highest BCUT2D eigenvalue weighted by atomic mass is 32.1. The minimum Gasteiger partial charge on any atom is -0.481 e. The lowest BCUT2D eigenvalue weighted by Crippen LogP contribution is -2.36. The molecule has 4 atom stereocenters. The summed E-state index contributed by atoms with van der Waals surface area (Å²) in [5.74, 6) is -3.09. The predicted octanol–water partition coefficient (Wildman–Crippen LogP) is 2.87. The predicted molar refractivity (Wildman–Crippen MR) is 96.3 cm³/mol. The SMILES string of the molecule is COC(=O)c1c(NC(=O)[C@H]2[C@H](C(=O)O)[C@H]3C=C[C@H]2C3)sc2c1CCCC2. The van der Waals surface area contributed by atoms with E-state index < -0.39 is 23.8 Å². The number of aliphatic carboxylic acids is 1. The fourth-order valence-corrected chi connectivity index (χ4v) is 5.96. The van der Waals surface area contributed by atoms with Crippen LogP contribution in [0.5, 0.6) is 0 Å². The number of nitrogens with one attached hydrogen (secondary N) is 1. The fourth-order valence-electron chi connectivity index (χ4n) is 4.68. The Hall–Kier alpha value is -2.15. The number of allylic oxidation sites excluding steroid dienone is 2. The maximum Gasteiger partial charge on any atom is 0.341 e. The average Bonchev–Trinajstić information content (AvgIpc) is 3.32. The minimum absolute atomic E-state index is 0.0442. The number of hydrogen-bond donors (Lipinski definition) is 2. The number of methoxy groups -OCH3 is 1. The number of ether oxygens (including phenoxy) is 1. The van der Waals surface area contributed by atoms with E-state index in [0.717, 1.165) is 36.1 Å². The largest absolute Gasteiger partial charge is 0.481 e. The number of thiophene rings is 1. The van der Waals surface area contributed by atoms with Crippen LogP contribution in [0.15, 0.2) is 12.2 Å². The number of hydrogen-bond acceptors (Lipinski definition) is 5. The molecule has 3 aliphatic carbocycles. The van der Waals surface area contributed by atoms with Crippen molar-refractivity contribution in [2.75, 3.05) is 12.4 Å². The van der Waals surface area contributed by atoms with E-state index in [1.807, 2.05) is 12.2 Å². The van der Waals surface area contributed by atoms with Crippen molar-refractivity contribution in [3.63, 3.8) is 0 Å². The van der Waals surface area contributed by atoms with Crippen LogP contribution in [0.4, 0.5) is 5.00 Å². The van der Waals surface area contributed by atoms with Crippen molar-refractivity contribution < 1.29 is 24.2 Å². The van der Waals surface area contributed by atoms with Gasteiger partial charge in [0, 0.05) is 4.88 Å². The Balaban J connectivity index is 1.64. The summed E-state index contributed by atoms with van der Waals surface area (Å²) in [6.07, 6.45) is 8.36. The van der Waals surface area contributed by atoms with Crippen LogP contribution < -0.4 is 5.32 Å². The molecule has 1 aromatic rings. The number of carbonyl (C=O) groups excluding carboxylic acids is 2. The number of carbonyl (C=O) groups is 3. The van der Waals surface area contributed by atoms with Crippen LogP contribution in [-0.2, 0) is 27.2 Å². The van der Waals surface area contributed by atoms with Crippen molar-refractivity contribution in [3.8, 4) is 0 Å². The first kappa shape index (κ1) is 17.3. The van der Waals surface area contributed by atoms with Gasteiger partial charge >= 0.3 is 11.9 Å². The second-order valence-corrected chi connectivity index (χ2v) is 8.34. The lowest BCUT2D eigenvalue weighted by atomic mass is 9.82. The molecule has 0 radical (unpaired) electrons. The zero-order valence-corrected chi connectivity index (χ0v) is 15.3. The van der Waals surface area contributed by atoms with Crippen molar-refractivity contribution in [1.29, 1.82) is 0 Å². The summed E-state index contributed by atoms with van der Waals surface area (Å²) in [5.41, 5.74) is 1.43. The number of fused-ring (bicyclic) bond motifs is 3. The molecule has 0 saturated heterocycles. The number of carboxylic acids is 1. The molecule has 6 nitrogen and oxygen atoms in total. The normalized spacial score (nSPS) is 28.7. The second kappa shape index (κ2) is 6.54. The topological polar surface area (TPSA) is 92.7 Å². The highest BCUT2D eigenvalue weighted by Gasteiger charge is 2.51. The van der Waals surface area contributed by atoms with E-state index in [9.17, 15) is 19.5 Å². The Morgan fingerprint density at radius 1 is 1.15 bits per heavy atom. The lowest BCUT2D eigenvalue weighted by molar-refractivity contribution is -0.146. The third kappa shape index (κ3) is 2.65. The number of anilines is 1. The molecule has 1 saturated carbocycles.